The topological polar surface area (TPSA) is 52.3 Å². The number of aryl methyl sites for hydroxylation is 1. The smallest absolute Gasteiger partial charge is 0.338 e. The van der Waals surface area contributed by atoms with Crippen LogP contribution in [0.25, 0.3) is 0 Å². The second kappa shape index (κ2) is 6.05. The molecule has 104 valence electrons. The number of carbonyl (C=O) groups is 1. The molecule has 0 heterocycles. The Bertz CT molecular complexity index is 638. The predicted octanol–water partition coefficient (Wildman–Crippen LogP) is 3.84. The van der Waals surface area contributed by atoms with E-state index in [1.807, 2.05) is 0 Å². The molecule has 0 saturated heterocycles. The van der Waals surface area contributed by atoms with Gasteiger partial charge in [0.05, 0.1) is 5.56 Å². The van der Waals surface area contributed by atoms with Crippen molar-refractivity contribution in [1.82, 2.24) is 0 Å². The third kappa shape index (κ3) is 3.57. The van der Waals surface area contributed by atoms with E-state index in [2.05, 4.69) is 15.9 Å². The molecule has 0 aliphatic carbocycles. The van der Waals surface area contributed by atoms with Gasteiger partial charge in [0.1, 0.15) is 12.4 Å². The first-order chi connectivity index (χ1) is 9.45. The van der Waals surface area contributed by atoms with Gasteiger partial charge in [-0.25, -0.2) is 9.18 Å². The summed E-state index contributed by atoms with van der Waals surface area (Å²) >= 11 is 3.27. The van der Waals surface area contributed by atoms with Crippen LogP contribution in [0, 0.1) is 12.7 Å². The summed E-state index contributed by atoms with van der Waals surface area (Å²) in [6.45, 7) is 1.86. The van der Waals surface area contributed by atoms with Crippen molar-refractivity contribution in [2.75, 3.05) is 5.73 Å². The molecular formula is C15H13BrFNO2. The van der Waals surface area contributed by atoms with Crippen molar-refractivity contribution >= 4 is 27.6 Å². The van der Waals surface area contributed by atoms with Gasteiger partial charge in [-0.3, -0.25) is 0 Å². The number of rotatable bonds is 3. The molecule has 0 radical (unpaired) electrons. The predicted molar refractivity (Wildman–Crippen MR) is 78.8 cm³/mol. The summed E-state index contributed by atoms with van der Waals surface area (Å²) in [5, 5.41) is 0. The van der Waals surface area contributed by atoms with E-state index in [0.717, 1.165) is 11.1 Å². The number of esters is 1. The van der Waals surface area contributed by atoms with Gasteiger partial charge in [-0.1, -0.05) is 22.0 Å². The maximum atomic E-state index is 13.0. The van der Waals surface area contributed by atoms with Crippen molar-refractivity contribution in [3.8, 4) is 0 Å². The van der Waals surface area contributed by atoms with E-state index in [0.29, 0.717) is 15.7 Å². The number of anilines is 1. The molecule has 2 N–H and O–H groups in total. The van der Waals surface area contributed by atoms with Crippen LogP contribution in [0.3, 0.4) is 0 Å². The highest BCUT2D eigenvalue weighted by molar-refractivity contribution is 9.10. The highest BCUT2D eigenvalue weighted by Crippen LogP contribution is 2.19. The molecule has 5 heteroatoms. The molecule has 0 aliphatic rings. The molecule has 2 rings (SSSR count). The summed E-state index contributed by atoms with van der Waals surface area (Å²) in [5.74, 6) is -0.779. The quantitative estimate of drug-likeness (QED) is 0.683. The van der Waals surface area contributed by atoms with E-state index in [9.17, 15) is 9.18 Å². The second-order valence-corrected chi connectivity index (χ2v) is 5.34. The van der Waals surface area contributed by atoms with Crippen LogP contribution in [0.5, 0.6) is 0 Å². The number of ether oxygens (including phenoxy) is 1. The van der Waals surface area contributed by atoms with Crippen molar-refractivity contribution < 1.29 is 13.9 Å². The van der Waals surface area contributed by atoms with Crippen molar-refractivity contribution in [2.24, 2.45) is 0 Å². The first kappa shape index (κ1) is 14.5. The summed E-state index contributed by atoms with van der Waals surface area (Å²) < 4.78 is 18.9. The molecule has 0 saturated carbocycles. The summed E-state index contributed by atoms with van der Waals surface area (Å²) in [4.78, 5) is 11.9. The van der Waals surface area contributed by atoms with E-state index >= 15 is 0 Å². The van der Waals surface area contributed by atoms with Gasteiger partial charge >= 0.3 is 5.97 Å². The van der Waals surface area contributed by atoms with Crippen LogP contribution in [0.1, 0.15) is 21.5 Å². The Morgan fingerprint density at radius 3 is 2.70 bits per heavy atom. The van der Waals surface area contributed by atoms with E-state index in [4.69, 9.17) is 10.5 Å². The number of hydrogen-bond donors (Lipinski definition) is 1. The van der Waals surface area contributed by atoms with Crippen LogP contribution in [0.4, 0.5) is 10.1 Å². The Morgan fingerprint density at radius 2 is 2.05 bits per heavy atom. The molecule has 2 aromatic carbocycles. The fraction of sp³-hybridized carbons (Fsp3) is 0.133. The monoisotopic (exact) mass is 337 g/mol. The number of halogens is 2. The molecule has 0 atom stereocenters. The van der Waals surface area contributed by atoms with Gasteiger partial charge in [0.2, 0.25) is 0 Å². The minimum atomic E-state index is -0.471. The zero-order chi connectivity index (χ0) is 14.7. The first-order valence-electron chi connectivity index (χ1n) is 5.94. The Hall–Kier alpha value is -1.88. The van der Waals surface area contributed by atoms with Gasteiger partial charge in [-0.2, -0.15) is 0 Å². The number of hydrogen-bond acceptors (Lipinski definition) is 3. The number of benzene rings is 2. The number of carbonyl (C=O) groups excluding carboxylic acids is 1. The fourth-order valence-electron chi connectivity index (χ4n) is 1.78. The molecule has 3 nitrogen and oxygen atoms in total. The van der Waals surface area contributed by atoms with Crippen molar-refractivity contribution in [3.05, 3.63) is 63.4 Å². The zero-order valence-electron chi connectivity index (χ0n) is 10.8. The van der Waals surface area contributed by atoms with E-state index in [-0.39, 0.29) is 12.4 Å². The average molecular weight is 338 g/mol. The average Bonchev–Trinajstić information content (AvgIpc) is 2.36. The van der Waals surface area contributed by atoms with Crippen molar-refractivity contribution in [3.63, 3.8) is 0 Å². The van der Waals surface area contributed by atoms with Crippen LogP contribution in [0.15, 0.2) is 40.9 Å². The molecule has 0 aliphatic heterocycles. The van der Waals surface area contributed by atoms with Crippen LogP contribution >= 0.6 is 15.9 Å². The summed E-state index contributed by atoms with van der Waals surface area (Å²) in [5.41, 5.74) is 8.02. The molecule has 0 unspecified atom stereocenters. The zero-order valence-corrected chi connectivity index (χ0v) is 12.4. The Balaban J connectivity index is 2.08. The molecule has 20 heavy (non-hydrogen) atoms. The van der Waals surface area contributed by atoms with E-state index in [1.165, 1.54) is 12.1 Å². The molecular weight excluding hydrogens is 325 g/mol. The standard InChI is InChI=1S/C15H13BrFNO2/c1-9-4-13(17)3-2-10(9)8-20-15(19)11-5-12(16)7-14(18)6-11/h2-7H,8,18H2,1H3. The van der Waals surface area contributed by atoms with E-state index < -0.39 is 5.97 Å². The van der Waals surface area contributed by atoms with Crippen molar-refractivity contribution in [2.45, 2.75) is 13.5 Å². The fourth-order valence-corrected chi connectivity index (χ4v) is 2.29. The van der Waals surface area contributed by atoms with Gasteiger partial charge < -0.3 is 10.5 Å². The maximum Gasteiger partial charge on any atom is 0.338 e. The largest absolute Gasteiger partial charge is 0.457 e. The van der Waals surface area contributed by atoms with E-state index in [1.54, 1.807) is 31.2 Å². The van der Waals surface area contributed by atoms with Gasteiger partial charge in [-0.15, -0.1) is 0 Å². The lowest BCUT2D eigenvalue weighted by molar-refractivity contribution is 0.0472. The normalized spacial score (nSPS) is 10.3. The van der Waals surface area contributed by atoms with Crippen LogP contribution < -0.4 is 5.73 Å². The van der Waals surface area contributed by atoms with Gasteiger partial charge in [0.25, 0.3) is 0 Å². The highest BCUT2D eigenvalue weighted by Gasteiger charge is 2.10. The van der Waals surface area contributed by atoms with Gasteiger partial charge in [0.15, 0.2) is 0 Å². The Labute approximate surface area is 124 Å². The molecule has 0 fully saturated rings. The third-order valence-electron chi connectivity index (χ3n) is 2.82. The lowest BCUT2D eigenvalue weighted by Crippen LogP contribution is -2.07. The maximum absolute atomic E-state index is 13.0. The van der Waals surface area contributed by atoms with Crippen LogP contribution in [-0.4, -0.2) is 5.97 Å². The minimum absolute atomic E-state index is 0.0946. The summed E-state index contributed by atoms with van der Waals surface area (Å²) in [6, 6.07) is 9.22. The van der Waals surface area contributed by atoms with Gasteiger partial charge in [0, 0.05) is 10.2 Å². The summed E-state index contributed by atoms with van der Waals surface area (Å²) in [7, 11) is 0. The molecule has 0 amide bonds. The molecule has 2 aromatic rings. The first-order valence-corrected chi connectivity index (χ1v) is 6.73. The molecule has 0 spiro atoms. The van der Waals surface area contributed by atoms with Crippen LogP contribution in [0.2, 0.25) is 0 Å². The molecule has 0 bridgehead atoms. The molecule has 0 aromatic heterocycles. The second-order valence-electron chi connectivity index (χ2n) is 4.42. The number of nitrogens with two attached hydrogens (primary N) is 1. The highest BCUT2D eigenvalue weighted by atomic mass is 79.9. The lowest BCUT2D eigenvalue weighted by atomic mass is 10.1. The van der Waals surface area contributed by atoms with Crippen molar-refractivity contribution in [1.29, 1.82) is 0 Å². The Kier molecular flexibility index (Phi) is 4.39. The minimum Gasteiger partial charge on any atom is -0.457 e. The Morgan fingerprint density at radius 1 is 1.30 bits per heavy atom. The summed E-state index contributed by atoms with van der Waals surface area (Å²) in [6.07, 6.45) is 0. The number of nitrogen functional groups attached to an aromatic ring is 1. The van der Waals surface area contributed by atoms with Crippen LogP contribution in [-0.2, 0) is 11.3 Å². The SMILES string of the molecule is Cc1cc(F)ccc1COC(=O)c1cc(N)cc(Br)c1. The van der Waals surface area contributed by atoms with Gasteiger partial charge in [-0.05, 0) is 48.4 Å². The third-order valence-corrected chi connectivity index (χ3v) is 3.28. The lowest BCUT2D eigenvalue weighted by Gasteiger charge is -2.08.